The van der Waals surface area contributed by atoms with Gasteiger partial charge in [-0.1, -0.05) is 0 Å². The van der Waals surface area contributed by atoms with E-state index in [1.165, 1.54) is 11.9 Å². The molecule has 0 saturated carbocycles. The number of piperidine rings is 1. The number of nitrogens with zero attached hydrogens (tertiary/aromatic N) is 2. The van der Waals surface area contributed by atoms with E-state index in [4.69, 9.17) is 0 Å². The van der Waals surface area contributed by atoms with Gasteiger partial charge in [-0.15, -0.1) is 0 Å². The summed E-state index contributed by atoms with van der Waals surface area (Å²) in [4.78, 5) is 15.6. The van der Waals surface area contributed by atoms with Crippen LogP contribution in [0.4, 0.5) is 13.2 Å². The molecule has 0 aromatic rings. The highest BCUT2D eigenvalue weighted by Crippen LogP contribution is 2.27. The maximum absolute atomic E-state index is 12.6. The van der Waals surface area contributed by atoms with Crippen LogP contribution in [0.5, 0.6) is 0 Å². The Bertz CT molecular complexity index is 545. The Kier molecular flexibility index (Phi) is 6.14. The van der Waals surface area contributed by atoms with Gasteiger partial charge in [0, 0.05) is 18.5 Å². The van der Waals surface area contributed by atoms with Crippen LogP contribution in [-0.2, 0) is 14.8 Å². The van der Waals surface area contributed by atoms with Crippen molar-refractivity contribution in [2.45, 2.75) is 37.9 Å². The first-order valence-corrected chi connectivity index (χ1v) is 9.77. The zero-order valence-corrected chi connectivity index (χ0v) is 14.5. The molecule has 0 aromatic heterocycles. The fourth-order valence-electron chi connectivity index (χ4n) is 3.46. The second-order valence-electron chi connectivity index (χ2n) is 6.48. The lowest BCUT2D eigenvalue weighted by Crippen LogP contribution is -2.48. The lowest BCUT2D eigenvalue weighted by atomic mass is 9.95. The fourth-order valence-corrected chi connectivity index (χ4v) is 4.48. The Morgan fingerprint density at radius 2 is 1.79 bits per heavy atom. The van der Waals surface area contributed by atoms with E-state index in [1.54, 1.807) is 4.90 Å². The monoisotopic (exact) mass is 371 g/mol. The molecule has 6 nitrogen and oxygen atoms in total. The number of carbonyl (C=O) groups excluding carboxylic acids is 1. The average molecular weight is 371 g/mol. The van der Waals surface area contributed by atoms with E-state index in [2.05, 4.69) is 4.72 Å². The van der Waals surface area contributed by atoms with Crippen LogP contribution in [0.2, 0.25) is 0 Å². The van der Waals surface area contributed by atoms with Crippen molar-refractivity contribution in [2.75, 3.05) is 39.0 Å². The number of halogens is 3. The van der Waals surface area contributed by atoms with Crippen LogP contribution in [0.25, 0.3) is 0 Å². The minimum Gasteiger partial charge on any atom is -0.338 e. The number of amides is 1. The molecule has 0 bridgehead atoms. The van der Waals surface area contributed by atoms with Crippen molar-refractivity contribution in [3.05, 3.63) is 0 Å². The van der Waals surface area contributed by atoms with Gasteiger partial charge in [-0.05, 0) is 45.8 Å². The summed E-state index contributed by atoms with van der Waals surface area (Å²) in [6.07, 6.45) is -2.06. The Morgan fingerprint density at radius 3 is 2.33 bits per heavy atom. The van der Waals surface area contributed by atoms with Crippen LogP contribution in [0.3, 0.4) is 0 Å². The summed E-state index contributed by atoms with van der Waals surface area (Å²) in [6.45, 7) is 0.0542. The Labute approximate surface area is 140 Å². The van der Waals surface area contributed by atoms with E-state index in [-0.39, 0.29) is 36.7 Å². The van der Waals surface area contributed by atoms with Gasteiger partial charge < -0.3 is 4.90 Å². The average Bonchev–Trinajstić information content (AvgIpc) is 2.93. The smallest absolute Gasteiger partial charge is 0.338 e. The predicted octanol–water partition coefficient (Wildman–Crippen LogP) is 0.801. The molecule has 0 spiro atoms. The molecule has 2 aliphatic rings. The molecule has 1 amide bonds. The maximum Gasteiger partial charge on any atom is 0.401 e. The first-order valence-electron chi connectivity index (χ1n) is 8.12. The molecular formula is C14H24F3N3O3S. The SMILES string of the molecule is CNS(=O)(=O)CC1CCCN1C(=O)C1CCN(CC(F)(F)F)CC1. The predicted molar refractivity (Wildman–Crippen MR) is 82.8 cm³/mol. The molecule has 1 N–H and O–H groups in total. The van der Waals surface area contributed by atoms with Crippen molar-refractivity contribution in [3.8, 4) is 0 Å². The summed E-state index contributed by atoms with van der Waals surface area (Å²) in [7, 11) is -2.07. The number of hydrogen-bond acceptors (Lipinski definition) is 4. The van der Waals surface area contributed by atoms with Gasteiger partial charge in [-0.25, -0.2) is 13.1 Å². The number of likely N-dealkylation sites (tertiary alicyclic amines) is 2. The lowest BCUT2D eigenvalue weighted by molar-refractivity contribution is -0.151. The number of nitrogens with one attached hydrogen (secondary N) is 1. The summed E-state index contributed by atoms with van der Waals surface area (Å²) in [5, 5.41) is 0. The summed E-state index contributed by atoms with van der Waals surface area (Å²) in [5.74, 6) is -0.551. The van der Waals surface area contributed by atoms with E-state index in [0.717, 1.165) is 6.42 Å². The van der Waals surface area contributed by atoms with E-state index >= 15 is 0 Å². The van der Waals surface area contributed by atoms with Gasteiger partial charge in [0.2, 0.25) is 15.9 Å². The molecule has 1 atom stereocenters. The van der Waals surface area contributed by atoms with Crippen molar-refractivity contribution in [1.29, 1.82) is 0 Å². The zero-order valence-electron chi connectivity index (χ0n) is 13.7. The summed E-state index contributed by atoms with van der Waals surface area (Å²) < 4.78 is 62.9. The largest absolute Gasteiger partial charge is 0.401 e. The molecule has 2 fully saturated rings. The normalized spacial score (nSPS) is 24.5. The second kappa shape index (κ2) is 7.57. The van der Waals surface area contributed by atoms with Crippen LogP contribution in [0.15, 0.2) is 0 Å². The quantitative estimate of drug-likeness (QED) is 0.776. The van der Waals surface area contributed by atoms with E-state index in [9.17, 15) is 26.4 Å². The third kappa shape index (κ3) is 5.32. The van der Waals surface area contributed by atoms with E-state index < -0.39 is 22.7 Å². The summed E-state index contributed by atoms with van der Waals surface area (Å²) in [6, 6.07) is -0.344. The van der Waals surface area contributed by atoms with Gasteiger partial charge in [-0.3, -0.25) is 9.69 Å². The zero-order chi connectivity index (χ0) is 18.0. The lowest BCUT2D eigenvalue weighted by Gasteiger charge is -2.35. The van der Waals surface area contributed by atoms with E-state index in [1.807, 2.05) is 0 Å². The Hall–Kier alpha value is -0.870. The van der Waals surface area contributed by atoms with Crippen LogP contribution in [-0.4, -0.2) is 75.3 Å². The Balaban J connectivity index is 1.90. The van der Waals surface area contributed by atoms with Gasteiger partial charge in [0.05, 0.1) is 12.3 Å². The third-order valence-electron chi connectivity index (χ3n) is 4.72. The van der Waals surface area contributed by atoms with Crippen molar-refractivity contribution >= 4 is 15.9 Å². The molecule has 2 heterocycles. The van der Waals surface area contributed by atoms with Gasteiger partial charge in [0.25, 0.3) is 0 Å². The van der Waals surface area contributed by atoms with Gasteiger partial charge >= 0.3 is 6.18 Å². The highest BCUT2D eigenvalue weighted by Gasteiger charge is 2.38. The molecule has 0 aromatic carbocycles. The molecule has 0 aliphatic carbocycles. The maximum atomic E-state index is 12.6. The number of sulfonamides is 1. The van der Waals surface area contributed by atoms with Crippen molar-refractivity contribution in [3.63, 3.8) is 0 Å². The fraction of sp³-hybridized carbons (Fsp3) is 0.929. The molecule has 0 radical (unpaired) electrons. The third-order valence-corrected chi connectivity index (χ3v) is 6.17. The highest BCUT2D eigenvalue weighted by atomic mass is 32.2. The van der Waals surface area contributed by atoms with Gasteiger partial charge in [0.1, 0.15) is 0 Å². The topological polar surface area (TPSA) is 69.7 Å². The van der Waals surface area contributed by atoms with Crippen molar-refractivity contribution < 1.29 is 26.4 Å². The Morgan fingerprint density at radius 1 is 1.17 bits per heavy atom. The van der Waals surface area contributed by atoms with Crippen LogP contribution < -0.4 is 4.72 Å². The second-order valence-corrected chi connectivity index (χ2v) is 8.45. The van der Waals surface area contributed by atoms with Crippen LogP contribution in [0, 0.1) is 5.92 Å². The molecule has 2 rings (SSSR count). The van der Waals surface area contributed by atoms with Crippen molar-refractivity contribution in [1.82, 2.24) is 14.5 Å². The van der Waals surface area contributed by atoms with Crippen LogP contribution in [0.1, 0.15) is 25.7 Å². The first-order chi connectivity index (χ1) is 11.1. The molecule has 10 heteroatoms. The molecule has 24 heavy (non-hydrogen) atoms. The minimum atomic E-state index is -4.22. The van der Waals surface area contributed by atoms with Crippen molar-refractivity contribution in [2.24, 2.45) is 5.92 Å². The highest BCUT2D eigenvalue weighted by molar-refractivity contribution is 7.89. The molecular weight excluding hydrogens is 347 g/mol. The number of rotatable bonds is 5. The van der Waals surface area contributed by atoms with Gasteiger partial charge in [-0.2, -0.15) is 13.2 Å². The molecule has 1 unspecified atom stereocenters. The number of carbonyl (C=O) groups is 1. The van der Waals surface area contributed by atoms with Gasteiger partial charge in [0.15, 0.2) is 0 Å². The molecule has 140 valence electrons. The summed E-state index contributed by atoms with van der Waals surface area (Å²) in [5.41, 5.74) is 0. The number of alkyl halides is 3. The molecule has 2 saturated heterocycles. The van der Waals surface area contributed by atoms with Crippen LogP contribution >= 0.6 is 0 Å². The standard InChI is InChI=1S/C14H24F3N3O3S/c1-18-24(22,23)9-12-3-2-6-20(12)13(21)11-4-7-19(8-5-11)10-14(15,16)17/h11-12,18H,2-10H2,1H3. The first kappa shape index (κ1) is 19.5. The van der Waals surface area contributed by atoms with E-state index in [0.29, 0.717) is 25.8 Å². The number of hydrogen-bond donors (Lipinski definition) is 1. The molecule has 2 aliphatic heterocycles. The minimum absolute atomic E-state index is 0.115. The summed E-state index contributed by atoms with van der Waals surface area (Å²) >= 11 is 0.